The van der Waals surface area contributed by atoms with Crippen molar-refractivity contribution < 1.29 is 33.4 Å². The summed E-state index contributed by atoms with van der Waals surface area (Å²) in [5.41, 5.74) is -3.36. The van der Waals surface area contributed by atoms with Crippen molar-refractivity contribution in [1.29, 1.82) is 0 Å². The molecule has 1 aliphatic rings. The molecule has 1 aliphatic carbocycles. The van der Waals surface area contributed by atoms with Crippen molar-refractivity contribution in [2.24, 2.45) is 5.92 Å². The molecule has 150 valence electrons. The van der Waals surface area contributed by atoms with Crippen molar-refractivity contribution in [3.63, 3.8) is 0 Å². The van der Waals surface area contributed by atoms with Crippen LogP contribution in [0.3, 0.4) is 0 Å². The molecule has 3 N–H and O–H groups in total. The monoisotopic (exact) mass is 396 g/mol. The average molecular weight is 397 g/mol. The second kappa shape index (κ2) is 9.07. The van der Waals surface area contributed by atoms with Crippen molar-refractivity contribution in [1.82, 2.24) is 0 Å². The normalized spacial score (nSPS) is 25.8. The molecular weight excluding hydrogens is 368 g/mol. The highest BCUT2D eigenvalue weighted by atomic mass is 28.4. The SMILES string of the molecule is CCCOC(=O)C1CCCC([Si](O)(O)OCC)C1(O)C(=O)c1ccccc1. The number of ketones is 1. The largest absolute Gasteiger partial charge is 0.502 e. The molecule has 0 heterocycles. The van der Waals surface area contributed by atoms with Gasteiger partial charge in [-0.25, -0.2) is 0 Å². The van der Waals surface area contributed by atoms with Crippen LogP contribution < -0.4 is 0 Å². The van der Waals surface area contributed by atoms with Gasteiger partial charge in [0, 0.05) is 12.2 Å². The number of benzene rings is 1. The van der Waals surface area contributed by atoms with Crippen molar-refractivity contribution in [3.8, 4) is 0 Å². The molecule has 3 atom stereocenters. The maximum atomic E-state index is 13.3. The van der Waals surface area contributed by atoms with Crippen LogP contribution in [-0.4, -0.2) is 54.1 Å². The maximum Gasteiger partial charge on any atom is 0.502 e. The molecule has 2 rings (SSSR count). The second-order valence-electron chi connectivity index (χ2n) is 6.82. The molecule has 27 heavy (non-hydrogen) atoms. The first-order valence-electron chi connectivity index (χ1n) is 9.36. The molecule has 0 amide bonds. The number of hydrogen-bond acceptors (Lipinski definition) is 7. The molecule has 7 nitrogen and oxygen atoms in total. The Balaban J connectivity index is 2.50. The molecule has 0 bridgehead atoms. The standard InChI is InChI=1S/C19H28O7Si/c1-3-13-25-18(21)15-11-8-12-16(27(23,24)26-4-2)19(15,22)17(20)14-9-6-5-7-10-14/h5-7,9-10,15-16,22-24H,3-4,8,11-13H2,1-2H3. The summed E-state index contributed by atoms with van der Waals surface area (Å²) in [6, 6.07) is 8.07. The Bertz CT molecular complexity index is 649. The van der Waals surface area contributed by atoms with Gasteiger partial charge in [0.25, 0.3) is 0 Å². The van der Waals surface area contributed by atoms with Crippen LogP contribution in [0.5, 0.6) is 0 Å². The number of Topliss-reactive ketones (excluding diaryl/α,β-unsaturated/α-hetero) is 1. The van der Waals surface area contributed by atoms with Crippen LogP contribution in [0, 0.1) is 5.92 Å². The minimum Gasteiger partial charge on any atom is -0.465 e. The summed E-state index contributed by atoms with van der Waals surface area (Å²) >= 11 is 0. The van der Waals surface area contributed by atoms with E-state index < -0.39 is 37.6 Å². The Morgan fingerprint density at radius 2 is 1.85 bits per heavy atom. The van der Waals surface area contributed by atoms with E-state index in [1.807, 2.05) is 6.92 Å². The quantitative estimate of drug-likeness (QED) is 0.348. The van der Waals surface area contributed by atoms with Crippen molar-refractivity contribution in [3.05, 3.63) is 35.9 Å². The second-order valence-corrected chi connectivity index (χ2v) is 9.12. The lowest BCUT2D eigenvalue weighted by atomic mass is 9.71. The first-order chi connectivity index (χ1) is 12.8. The minimum atomic E-state index is -4.43. The summed E-state index contributed by atoms with van der Waals surface area (Å²) in [5, 5.41) is 11.5. The molecule has 0 spiro atoms. The van der Waals surface area contributed by atoms with E-state index in [-0.39, 0.29) is 31.6 Å². The Kier molecular flexibility index (Phi) is 7.30. The van der Waals surface area contributed by atoms with Gasteiger partial charge < -0.3 is 23.9 Å². The van der Waals surface area contributed by atoms with E-state index in [1.54, 1.807) is 25.1 Å². The molecule has 0 saturated heterocycles. The first kappa shape index (κ1) is 21.7. The van der Waals surface area contributed by atoms with Crippen LogP contribution >= 0.6 is 0 Å². The number of ether oxygens (including phenoxy) is 1. The number of carbonyl (C=O) groups excluding carboxylic acids is 2. The van der Waals surface area contributed by atoms with E-state index in [2.05, 4.69) is 0 Å². The summed E-state index contributed by atoms with van der Waals surface area (Å²) in [6.07, 6.45) is 1.45. The van der Waals surface area contributed by atoms with Crippen molar-refractivity contribution in [2.75, 3.05) is 13.2 Å². The number of hydrogen-bond donors (Lipinski definition) is 3. The summed E-state index contributed by atoms with van der Waals surface area (Å²) in [7, 11) is -4.43. The number of aliphatic hydroxyl groups is 1. The lowest BCUT2D eigenvalue weighted by molar-refractivity contribution is -0.159. The molecule has 1 aromatic rings. The summed E-state index contributed by atoms with van der Waals surface area (Å²) < 4.78 is 10.3. The topological polar surface area (TPSA) is 113 Å². The zero-order valence-corrected chi connectivity index (χ0v) is 16.8. The van der Waals surface area contributed by atoms with Crippen molar-refractivity contribution >= 4 is 20.6 Å². The third kappa shape index (κ3) is 4.47. The molecule has 1 fully saturated rings. The number of rotatable bonds is 8. The van der Waals surface area contributed by atoms with Crippen LogP contribution in [0.15, 0.2) is 30.3 Å². The van der Waals surface area contributed by atoms with Crippen LogP contribution in [0.1, 0.15) is 49.9 Å². The van der Waals surface area contributed by atoms with E-state index in [0.717, 1.165) is 0 Å². The highest BCUT2D eigenvalue weighted by Crippen LogP contribution is 2.48. The number of carbonyl (C=O) groups is 2. The van der Waals surface area contributed by atoms with Gasteiger partial charge in [-0.3, -0.25) is 9.59 Å². The molecule has 0 aliphatic heterocycles. The summed E-state index contributed by atoms with van der Waals surface area (Å²) in [4.78, 5) is 47.0. The molecule has 1 saturated carbocycles. The summed E-state index contributed by atoms with van der Waals surface area (Å²) in [6.45, 7) is 3.63. The molecule has 0 radical (unpaired) electrons. The molecule has 3 unspecified atom stereocenters. The van der Waals surface area contributed by atoms with E-state index in [4.69, 9.17) is 9.16 Å². The zero-order valence-electron chi connectivity index (χ0n) is 15.8. The Morgan fingerprint density at radius 1 is 1.19 bits per heavy atom. The first-order valence-corrected chi connectivity index (χ1v) is 11.2. The number of esters is 1. The lowest BCUT2D eigenvalue weighted by Crippen LogP contribution is -2.63. The molecule has 1 aromatic carbocycles. The van der Waals surface area contributed by atoms with Gasteiger partial charge in [0.1, 0.15) is 5.60 Å². The van der Waals surface area contributed by atoms with Crippen LogP contribution in [0.2, 0.25) is 5.54 Å². The van der Waals surface area contributed by atoms with Crippen LogP contribution in [0.4, 0.5) is 0 Å². The van der Waals surface area contributed by atoms with Gasteiger partial charge in [0.05, 0.1) is 18.1 Å². The predicted octanol–water partition coefficient (Wildman–Crippen LogP) is 1.68. The zero-order chi connectivity index (χ0) is 20.1. The predicted molar refractivity (Wildman–Crippen MR) is 99.9 cm³/mol. The van der Waals surface area contributed by atoms with E-state index in [9.17, 15) is 24.3 Å². The van der Waals surface area contributed by atoms with Gasteiger partial charge in [-0.15, -0.1) is 0 Å². The maximum absolute atomic E-state index is 13.3. The lowest BCUT2D eigenvalue weighted by Gasteiger charge is -2.45. The van der Waals surface area contributed by atoms with Gasteiger partial charge in [-0.2, -0.15) is 0 Å². The Labute approximate surface area is 160 Å². The van der Waals surface area contributed by atoms with E-state index in [0.29, 0.717) is 12.8 Å². The van der Waals surface area contributed by atoms with Gasteiger partial charge in [0.15, 0.2) is 5.78 Å². The van der Waals surface area contributed by atoms with Gasteiger partial charge in [-0.1, -0.05) is 43.7 Å². The summed E-state index contributed by atoms with van der Waals surface area (Å²) in [5.74, 6) is -2.59. The highest BCUT2D eigenvalue weighted by molar-refractivity contribution is 6.60. The Morgan fingerprint density at radius 3 is 2.44 bits per heavy atom. The van der Waals surface area contributed by atoms with E-state index >= 15 is 0 Å². The molecular formula is C19H28O7Si. The third-order valence-electron chi connectivity index (χ3n) is 4.99. The fourth-order valence-corrected chi connectivity index (χ4v) is 5.85. The Hall–Kier alpha value is -1.58. The van der Waals surface area contributed by atoms with Crippen molar-refractivity contribution in [2.45, 2.75) is 50.7 Å². The van der Waals surface area contributed by atoms with Gasteiger partial charge in [-0.05, 0) is 26.2 Å². The average Bonchev–Trinajstić information content (AvgIpc) is 2.66. The smallest absolute Gasteiger partial charge is 0.465 e. The van der Waals surface area contributed by atoms with Crippen LogP contribution in [-0.2, 0) is 14.0 Å². The fraction of sp³-hybridized carbons (Fsp3) is 0.579. The third-order valence-corrected chi connectivity index (χ3v) is 7.34. The minimum absolute atomic E-state index is 0.0241. The molecule has 0 aromatic heterocycles. The van der Waals surface area contributed by atoms with Gasteiger partial charge in [0.2, 0.25) is 0 Å². The highest BCUT2D eigenvalue weighted by Gasteiger charge is 2.64. The fourth-order valence-electron chi connectivity index (χ4n) is 3.73. The van der Waals surface area contributed by atoms with Crippen LogP contribution in [0.25, 0.3) is 0 Å². The molecule has 8 heteroatoms. The van der Waals surface area contributed by atoms with E-state index in [1.165, 1.54) is 12.1 Å². The van der Waals surface area contributed by atoms with Gasteiger partial charge >= 0.3 is 14.8 Å².